The highest BCUT2D eigenvalue weighted by molar-refractivity contribution is 7.98. The van der Waals surface area contributed by atoms with Gasteiger partial charge in [-0.05, 0) is 42.0 Å². The van der Waals surface area contributed by atoms with Crippen LogP contribution in [0.5, 0.6) is 0 Å². The first kappa shape index (κ1) is 18.6. The Labute approximate surface area is 169 Å². The molecule has 0 aliphatic carbocycles. The fourth-order valence-electron chi connectivity index (χ4n) is 2.90. The third-order valence-corrected chi connectivity index (χ3v) is 6.50. The topological polar surface area (TPSA) is 78.5 Å². The fraction of sp³-hybridized carbons (Fsp3) is 0.211. The molecule has 4 rings (SSSR count). The lowest BCUT2D eigenvalue weighted by Gasteiger charge is -2.10. The zero-order valence-electron chi connectivity index (χ0n) is 15.5. The summed E-state index contributed by atoms with van der Waals surface area (Å²) >= 11 is 2.99. The third kappa shape index (κ3) is 3.27. The molecular formula is C19H18N6OS2. The van der Waals surface area contributed by atoms with Gasteiger partial charge in [0.25, 0.3) is 5.56 Å². The molecule has 0 radical (unpaired) electrons. The molecule has 3 aromatic heterocycles. The van der Waals surface area contributed by atoms with Crippen LogP contribution in [0, 0.1) is 13.8 Å². The van der Waals surface area contributed by atoms with Crippen LogP contribution in [0.4, 0.5) is 0 Å². The predicted molar refractivity (Wildman–Crippen MR) is 112 cm³/mol. The van der Waals surface area contributed by atoms with Crippen LogP contribution in [0.2, 0.25) is 0 Å². The van der Waals surface area contributed by atoms with Crippen LogP contribution < -0.4 is 5.56 Å². The molecule has 7 nitrogen and oxygen atoms in total. The minimum atomic E-state index is -0.0306. The summed E-state index contributed by atoms with van der Waals surface area (Å²) in [5.41, 5.74) is 1.86. The Balaban J connectivity index is 1.71. The number of benzene rings is 1. The average molecular weight is 411 g/mol. The number of hydrogen-bond donors (Lipinski definition) is 0. The second-order valence-electron chi connectivity index (χ2n) is 6.19. The highest BCUT2D eigenvalue weighted by Crippen LogP contribution is 2.29. The van der Waals surface area contributed by atoms with Gasteiger partial charge in [0.05, 0.1) is 16.8 Å². The van der Waals surface area contributed by atoms with Crippen molar-refractivity contribution in [3.05, 3.63) is 69.6 Å². The molecule has 142 valence electrons. The second-order valence-corrected chi connectivity index (χ2v) is 8.34. The minimum absolute atomic E-state index is 0.0306. The molecule has 0 N–H and O–H groups in total. The van der Waals surface area contributed by atoms with E-state index in [1.54, 1.807) is 26.7 Å². The molecule has 0 aliphatic heterocycles. The number of para-hydroxylation sites is 1. The number of fused-ring (bicyclic) bond motifs is 1. The molecule has 0 saturated heterocycles. The van der Waals surface area contributed by atoms with E-state index >= 15 is 0 Å². The normalized spacial score (nSPS) is 11.2. The number of rotatable bonds is 6. The van der Waals surface area contributed by atoms with Crippen molar-refractivity contribution in [2.45, 2.75) is 31.3 Å². The smallest absolute Gasteiger partial charge is 0.263 e. The van der Waals surface area contributed by atoms with Gasteiger partial charge in [0, 0.05) is 11.4 Å². The number of aryl methyl sites for hydroxylation is 2. The van der Waals surface area contributed by atoms with Gasteiger partial charge >= 0.3 is 0 Å². The van der Waals surface area contributed by atoms with Crippen LogP contribution >= 0.6 is 23.1 Å². The van der Waals surface area contributed by atoms with Crippen molar-refractivity contribution >= 4 is 33.3 Å². The molecule has 0 aliphatic rings. The summed E-state index contributed by atoms with van der Waals surface area (Å²) in [4.78, 5) is 19.7. The van der Waals surface area contributed by atoms with Crippen molar-refractivity contribution in [2.75, 3.05) is 0 Å². The maximum Gasteiger partial charge on any atom is 0.263 e. The maximum absolute atomic E-state index is 13.0. The molecule has 0 unspecified atom stereocenters. The first-order valence-corrected chi connectivity index (χ1v) is 10.5. The van der Waals surface area contributed by atoms with E-state index in [1.165, 1.54) is 11.8 Å². The molecule has 28 heavy (non-hydrogen) atoms. The van der Waals surface area contributed by atoms with Crippen molar-refractivity contribution in [1.82, 2.24) is 29.8 Å². The van der Waals surface area contributed by atoms with Gasteiger partial charge in [-0.1, -0.05) is 36.0 Å². The van der Waals surface area contributed by atoms with Gasteiger partial charge in [0.1, 0.15) is 4.83 Å². The summed E-state index contributed by atoms with van der Waals surface area (Å²) in [5.74, 6) is 1.18. The van der Waals surface area contributed by atoms with Crippen LogP contribution in [-0.4, -0.2) is 29.8 Å². The van der Waals surface area contributed by atoms with Gasteiger partial charge in [-0.3, -0.25) is 9.36 Å². The summed E-state index contributed by atoms with van der Waals surface area (Å²) in [6.45, 7) is 8.17. The van der Waals surface area contributed by atoms with E-state index in [2.05, 4.69) is 22.1 Å². The Morgan fingerprint density at radius 2 is 2.04 bits per heavy atom. The summed E-state index contributed by atoms with van der Waals surface area (Å²) < 4.78 is 3.36. The van der Waals surface area contributed by atoms with E-state index in [4.69, 9.17) is 4.98 Å². The Hall–Kier alpha value is -2.78. The molecule has 0 amide bonds. The zero-order valence-corrected chi connectivity index (χ0v) is 17.1. The lowest BCUT2D eigenvalue weighted by atomic mass is 10.2. The van der Waals surface area contributed by atoms with Gasteiger partial charge in [0.15, 0.2) is 11.0 Å². The molecule has 0 fully saturated rings. The Morgan fingerprint density at radius 1 is 1.25 bits per heavy atom. The Bertz CT molecular complexity index is 1210. The molecule has 0 saturated carbocycles. The van der Waals surface area contributed by atoms with Crippen LogP contribution in [0.25, 0.3) is 15.9 Å². The molecule has 0 spiro atoms. The number of thiophene rings is 1. The maximum atomic E-state index is 13.0. The van der Waals surface area contributed by atoms with Gasteiger partial charge in [-0.15, -0.1) is 23.0 Å². The Morgan fingerprint density at radius 3 is 2.79 bits per heavy atom. The van der Waals surface area contributed by atoms with E-state index < -0.39 is 0 Å². The predicted octanol–water partition coefficient (Wildman–Crippen LogP) is 3.53. The molecule has 0 bridgehead atoms. The number of allylic oxidation sites excluding steroid dienone is 1. The average Bonchev–Trinajstić information content (AvgIpc) is 3.28. The van der Waals surface area contributed by atoms with Crippen LogP contribution in [0.1, 0.15) is 16.3 Å². The largest absolute Gasteiger partial charge is 0.283 e. The quantitative estimate of drug-likeness (QED) is 0.275. The van der Waals surface area contributed by atoms with E-state index in [1.807, 2.05) is 44.2 Å². The van der Waals surface area contributed by atoms with E-state index in [0.717, 1.165) is 21.0 Å². The van der Waals surface area contributed by atoms with Crippen LogP contribution in [0.15, 0.2) is 52.9 Å². The zero-order chi connectivity index (χ0) is 19.7. The number of hydrogen-bond acceptors (Lipinski definition) is 7. The second kappa shape index (κ2) is 7.69. The lowest BCUT2D eigenvalue weighted by molar-refractivity contribution is 0.672. The van der Waals surface area contributed by atoms with Gasteiger partial charge in [-0.25, -0.2) is 4.98 Å². The highest BCUT2D eigenvalue weighted by Gasteiger charge is 2.17. The van der Waals surface area contributed by atoms with Gasteiger partial charge in [-0.2, -0.15) is 4.68 Å². The highest BCUT2D eigenvalue weighted by atomic mass is 32.2. The van der Waals surface area contributed by atoms with E-state index in [9.17, 15) is 4.79 Å². The number of nitrogens with zero attached hydrogens (tertiary/aromatic N) is 6. The molecule has 3 heterocycles. The molecule has 0 atom stereocenters. The summed E-state index contributed by atoms with van der Waals surface area (Å²) in [7, 11) is 0. The number of thioether (sulfide) groups is 1. The first-order valence-electron chi connectivity index (χ1n) is 8.67. The minimum Gasteiger partial charge on any atom is -0.283 e. The third-order valence-electron chi connectivity index (χ3n) is 4.43. The van der Waals surface area contributed by atoms with Gasteiger partial charge in [0.2, 0.25) is 0 Å². The van der Waals surface area contributed by atoms with E-state index in [-0.39, 0.29) is 5.56 Å². The molecule has 9 heteroatoms. The van der Waals surface area contributed by atoms with Crippen molar-refractivity contribution in [1.29, 1.82) is 0 Å². The van der Waals surface area contributed by atoms with Crippen molar-refractivity contribution in [3.8, 4) is 5.69 Å². The summed E-state index contributed by atoms with van der Waals surface area (Å²) in [6, 6.07) is 9.71. The van der Waals surface area contributed by atoms with Crippen molar-refractivity contribution in [2.24, 2.45) is 0 Å². The number of aromatic nitrogens is 6. The monoisotopic (exact) mass is 410 g/mol. The molecular weight excluding hydrogens is 392 g/mol. The summed E-state index contributed by atoms with van der Waals surface area (Å²) in [6.07, 6.45) is 1.71. The lowest BCUT2D eigenvalue weighted by Crippen LogP contribution is -2.22. The van der Waals surface area contributed by atoms with Crippen molar-refractivity contribution in [3.63, 3.8) is 0 Å². The Kier molecular flexibility index (Phi) is 5.10. The van der Waals surface area contributed by atoms with Gasteiger partial charge < -0.3 is 0 Å². The van der Waals surface area contributed by atoms with Crippen LogP contribution in [0.3, 0.4) is 0 Å². The molecule has 1 aromatic carbocycles. The first-order chi connectivity index (χ1) is 13.6. The number of tetrazole rings is 1. The SMILES string of the molecule is C=CCn1c(SCc2nnnn2-c2ccccc2)nc2sc(C)c(C)c2c1=O. The van der Waals surface area contributed by atoms with E-state index in [0.29, 0.717) is 28.7 Å². The van der Waals surface area contributed by atoms with Crippen LogP contribution in [-0.2, 0) is 12.3 Å². The fourth-order valence-corrected chi connectivity index (χ4v) is 4.89. The molecule has 4 aromatic rings. The van der Waals surface area contributed by atoms with Crippen molar-refractivity contribution < 1.29 is 0 Å². The standard InChI is InChI=1S/C19H18N6OS2/c1-4-10-24-18(26)16-12(2)13(3)28-17(16)20-19(24)27-11-15-21-22-23-25(15)14-8-6-5-7-9-14/h4-9H,1,10-11H2,2-3H3. The summed E-state index contributed by atoms with van der Waals surface area (Å²) in [5, 5.41) is 13.3.